The minimum Gasteiger partial charge on any atom is -0.494 e. The topological polar surface area (TPSA) is 66.9 Å². The molecule has 1 aromatic carbocycles. The van der Waals surface area contributed by atoms with E-state index in [1.54, 1.807) is 0 Å². The second kappa shape index (κ2) is 7.92. The number of ether oxygens (including phenoxy) is 1. The lowest BCUT2D eigenvalue weighted by atomic mass is 10.0. The number of halogens is 1. The van der Waals surface area contributed by atoms with Crippen LogP contribution < -0.4 is 4.74 Å². The van der Waals surface area contributed by atoms with Gasteiger partial charge in [-0.2, -0.15) is 4.31 Å². The van der Waals surface area contributed by atoms with E-state index >= 15 is 0 Å². The Bertz CT molecular complexity index is 768. The zero-order valence-electron chi connectivity index (χ0n) is 15.0. The van der Waals surface area contributed by atoms with Crippen LogP contribution in [-0.2, 0) is 14.8 Å². The van der Waals surface area contributed by atoms with Gasteiger partial charge in [0.1, 0.15) is 0 Å². The van der Waals surface area contributed by atoms with Gasteiger partial charge >= 0.3 is 0 Å². The van der Waals surface area contributed by atoms with Crippen molar-refractivity contribution in [3.05, 3.63) is 24.0 Å². The molecule has 1 amide bonds. The van der Waals surface area contributed by atoms with Crippen LogP contribution in [0.1, 0.15) is 38.5 Å². The van der Waals surface area contributed by atoms with Gasteiger partial charge in [-0.25, -0.2) is 12.8 Å². The largest absolute Gasteiger partial charge is 0.494 e. The average Bonchev–Trinajstić information content (AvgIpc) is 3.05. The SMILES string of the molecule is COc1ccc(S(=O)(=O)N2CCCCC2CCN2CCCC2=O)cc1F. The maximum Gasteiger partial charge on any atom is 0.243 e. The second-order valence-corrected chi connectivity index (χ2v) is 8.73. The first-order valence-electron chi connectivity index (χ1n) is 9.06. The van der Waals surface area contributed by atoms with Crippen molar-refractivity contribution >= 4 is 15.9 Å². The number of nitrogens with zero attached hydrogens (tertiary/aromatic N) is 2. The third-order valence-corrected chi connectivity index (χ3v) is 7.15. The second-order valence-electron chi connectivity index (χ2n) is 6.83. The van der Waals surface area contributed by atoms with Crippen LogP contribution in [0.25, 0.3) is 0 Å². The van der Waals surface area contributed by atoms with Gasteiger partial charge in [-0.1, -0.05) is 6.42 Å². The van der Waals surface area contributed by atoms with E-state index in [2.05, 4.69) is 0 Å². The van der Waals surface area contributed by atoms with Crippen molar-refractivity contribution in [3.63, 3.8) is 0 Å². The predicted molar refractivity (Wildman–Crippen MR) is 94.9 cm³/mol. The number of hydrogen-bond acceptors (Lipinski definition) is 4. The molecule has 0 bridgehead atoms. The van der Waals surface area contributed by atoms with E-state index in [4.69, 9.17) is 4.74 Å². The number of piperidine rings is 1. The Morgan fingerprint density at radius 3 is 2.69 bits per heavy atom. The number of likely N-dealkylation sites (tertiary alicyclic amines) is 1. The molecule has 26 heavy (non-hydrogen) atoms. The van der Waals surface area contributed by atoms with E-state index in [1.807, 2.05) is 4.90 Å². The Labute approximate surface area is 154 Å². The van der Waals surface area contributed by atoms with Gasteiger partial charge in [-0.05, 0) is 43.9 Å². The molecule has 6 nitrogen and oxygen atoms in total. The molecule has 2 aliphatic rings. The van der Waals surface area contributed by atoms with Crippen LogP contribution >= 0.6 is 0 Å². The molecule has 0 saturated carbocycles. The normalized spacial score (nSPS) is 22.0. The monoisotopic (exact) mass is 384 g/mol. The van der Waals surface area contributed by atoms with Gasteiger partial charge in [0, 0.05) is 32.1 Å². The van der Waals surface area contributed by atoms with Gasteiger partial charge in [0.2, 0.25) is 15.9 Å². The molecule has 2 heterocycles. The van der Waals surface area contributed by atoms with Gasteiger partial charge in [-0.3, -0.25) is 4.79 Å². The summed E-state index contributed by atoms with van der Waals surface area (Å²) in [5, 5.41) is 0. The van der Waals surface area contributed by atoms with E-state index in [0.717, 1.165) is 38.3 Å². The van der Waals surface area contributed by atoms with E-state index in [-0.39, 0.29) is 22.6 Å². The number of hydrogen-bond donors (Lipinski definition) is 0. The molecule has 0 spiro atoms. The summed E-state index contributed by atoms with van der Waals surface area (Å²) in [4.78, 5) is 13.5. The van der Waals surface area contributed by atoms with Gasteiger partial charge in [0.05, 0.1) is 12.0 Å². The summed E-state index contributed by atoms with van der Waals surface area (Å²) < 4.78 is 46.4. The molecule has 8 heteroatoms. The number of methoxy groups -OCH3 is 1. The Morgan fingerprint density at radius 2 is 2.04 bits per heavy atom. The molecule has 1 atom stereocenters. The molecular formula is C18H25FN2O4S. The summed E-state index contributed by atoms with van der Waals surface area (Å²) in [5.74, 6) is -0.524. The minimum atomic E-state index is -3.78. The Hall–Kier alpha value is -1.67. The molecule has 0 radical (unpaired) electrons. The molecule has 0 aliphatic carbocycles. The minimum absolute atomic E-state index is 0.0201. The summed E-state index contributed by atoms with van der Waals surface area (Å²) in [7, 11) is -2.44. The summed E-state index contributed by atoms with van der Waals surface area (Å²) in [5.41, 5.74) is 0. The molecule has 2 aliphatic heterocycles. The van der Waals surface area contributed by atoms with Crippen LogP contribution in [0.3, 0.4) is 0 Å². The van der Waals surface area contributed by atoms with Crippen molar-refractivity contribution < 1.29 is 22.3 Å². The fraction of sp³-hybridized carbons (Fsp3) is 0.611. The lowest BCUT2D eigenvalue weighted by Crippen LogP contribution is -2.45. The van der Waals surface area contributed by atoms with Crippen molar-refractivity contribution in [3.8, 4) is 5.75 Å². The molecule has 1 unspecified atom stereocenters. The first kappa shape index (κ1) is 19.1. The van der Waals surface area contributed by atoms with Crippen LogP contribution in [0.2, 0.25) is 0 Å². The third kappa shape index (κ3) is 3.86. The Balaban J connectivity index is 1.77. The molecular weight excluding hydrogens is 359 g/mol. The van der Waals surface area contributed by atoms with Gasteiger partial charge < -0.3 is 9.64 Å². The smallest absolute Gasteiger partial charge is 0.243 e. The van der Waals surface area contributed by atoms with E-state index in [0.29, 0.717) is 25.9 Å². The lowest BCUT2D eigenvalue weighted by Gasteiger charge is -2.35. The molecule has 2 fully saturated rings. The first-order chi connectivity index (χ1) is 12.4. The van der Waals surface area contributed by atoms with E-state index in [9.17, 15) is 17.6 Å². The fourth-order valence-electron chi connectivity index (χ4n) is 3.77. The van der Waals surface area contributed by atoms with Crippen molar-refractivity contribution in [1.82, 2.24) is 9.21 Å². The number of carbonyl (C=O) groups is 1. The summed E-state index contributed by atoms with van der Waals surface area (Å²) >= 11 is 0. The van der Waals surface area contributed by atoms with Crippen LogP contribution in [-0.4, -0.2) is 56.3 Å². The molecule has 0 aromatic heterocycles. The maximum absolute atomic E-state index is 14.0. The van der Waals surface area contributed by atoms with Gasteiger partial charge in [-0.15, -0.1) is 0 Å². The van der Waals surface area contributed by atoms with Crippen molar-refractivity contribution in [2.75, 3.05) is 26.7 Å². The molecule has 0 N–H and O–H groups in total. The zero-order chi connectivity index (χ0) is 18.7. The van der Waals surface area contributed by atoms with Crippen LogP contribution in [0.15, 0.2) is 23.1 Å². The maximum atomic E-state index is 14.0. The molecule has 1 aromatic rings. The van der Waals surface area contributed by atoms with Gasteiger partial charge in [0.15, 0.2) is 11.6 Å². The van der Waals surface area contributed by atoms with Crippen molar-refractivity contribution in [2.45, 2.75) is 49.5 Å². The van der Waals surface area contributed by atoms with Crippen LogP contribution in [0, 0.1) is 5.82 Å². The Morgan fingerprint density at radius 1 is 1.23 bits per heavy atom. The molecule has 3 rings (SSSR count). The number of benzene rings is 1. The van der Waals surface area contributed by atoms with E-state index in [1.165, 1.54) is 23.5 Å². The van der Waals surface area contributed by atoms with Gasteiger partial charge in [0.25, 0.3) is 0 Å². The lowest BCUT2D eigenvalue weighted by molar-refractivity contribution is -0.127. The highest BCUT2D eigenvalue weighted by molar-refractivity contribution is 7.89. The molecule has 144 valence electrons. The highest BCUT2D eigenvalue weighted by Gasteiger charge is 2.34. The third-order valence-electron chi connectivity index (χ3n) is 5.21. The van der Waals surface area contributed by atoms with Crippen LogP contribution in [0.4, 0.5) is 4.39 Å². The van der Waals surface area contributed by atoms with E-state index < -0.39 is 15.8 Å². The highest BCUT2D eigenvalue weighted by Crippen LogP contribution is 2.29. The number of carbonyl (C=O) groups excluding carboxylic acids is 1. The van der Waals surface area contributed by atoms with Crippen LogP contribution in [0.5, 0.6) is 5.75 Å². The predicted octanol–water partition coefficient (Wildman–Crippen LogP) is 2.39. The quantitative estimate of drug-likeness (QED) is 0.755. The summed E-state index contributed by atoms with van der Waals surface area (Å²) in [6.07, 6.45) is 4.58. The summed E-state index contributed by atoms with van der Waals surface area (Å²) in [6, 6.07) is 3.58. The summed E-state index contributed by atoms with van der Waals surface area (Å²) in [6.45, 7) is 1.75. The standard InChI is InChI=1S/C18H25FN2O4S/c1-25-17-8-7-15(13-16(17)19)26(23,24)21-11-3-2-5-14(21)9-12-20-10-4-6-18(20)22/h7-8,13-14H,2-6,9-12H2,1H3. The molecule has 2 saturated heterocycles. The Kier molecular flexibility index (Phi) is 5.82. The average molecular weight is 384 g/mol. The fourth-order valence-corrected chi connectivity index (χ4v) is 5.50. The number of sulfonamides is 1. The van der Waals surface area contributed by atoms with Crippen molar-refractivity contribution in [2.24, 2.45) is 0 Å². The highest BCUT2D eigenvalue weighted by atomic mass is 32.2. The van der Waals surface area contributed by atoms with Crippen molar-refractivity contribution in [1.29, 1.82) is 0 Å². The first-order valence-corrected chi connectivity index (χ1v) is 10.5. The number of rotatable bonds is 6. The number of amides is 1. The zero-order valence-corrected chi connectivity index (χ0v) is 15.8.